The Kier molecular flexibility index (Phi) is 10.4. The van der Waals surface area contributed by atoms with Crippen molar-refractivity contribution in [3.05, 3.63) is 0 Å². The lowest BCUT2D eigenvalue weighted by Gasteiger charge is -2.13. The van der Waals surface area contributed by atoms with Crippen molar-refractivity contribution in [3.8, 4) is 0 Å². The highest BCUT2D eigenvalue weighted by molar-refractivity contribution is 4.48. The second-order valence-corrected chi connectivity index (χ2v) is 4.75. The highest BCUT2D eigenvalue weighted by atomic mass is 16.5. The fourth-order valence-electron chi connectivity index (χ4n) is 1.45. The van der Waals surface area contributed by atoms with E-state index >= 15 is 0 Å². The molecule has 0 aliphatic carbocycles. The summed E-state index contributed by atoms with van der Waals surface area (Å²) in [5.74, 6) is 0.836. The number of unbranched alkanes of at least 4 members (excludes halogenated alkanes) is 1. The predicted molar refractivity (Wildman–Crippen MR) is 67.3 cm³/mol. The Balaban J connectivity index is 2.99. The average molecular weight is 215 g/mol. The van der Waals surface area contributed by atoms with E-state index in [4.69, 9.17) is 4.74 Å². The molecule has 2 heteroatoms. The van der Waals surface area contributed by atoms with E-state index in [1.54, 1.807) is 0 Å². The first-order valence-corrected chi connectivity index (χ1v) is 6.43. The minimum Gasteiger partial charge on any atom is -0.381 e. The summed E-state index contributed by atoms with van der Waals surface area (Å²) in [6.45, 7) is 10.9. The molecule has 0 atom stereocenters. The standard InChI is InChI=1S/C13H29NO/c1-5-14(4)10-8-12-15-11-7-6-9-13(2)3/h13H,5-12H2,1-4H3. The van der Waals surface area contributed by atoms with Crippen molar-refractivity contribution >= 4 is 0 Å². The Morgan fingerprint density at radius 3 is 2.33 bits per heavy atom. The summed E-state index contributed by atoms with van der Waals surface area (Å²) in [6, 6.07) is 0. The number of rotatable bonds is 10. The highest BCUT2D eigenvalue weighted by Crippen LogP contribution is 2.05. The molecule has 0 heterocycles. The molecule has 0 radical (unpaired) electrons. The molecular weight excluding hydrogens is 186 g/mol. The molecule has 0 rings (SSSR count). The molecule has 15 heavy (non-hydrogen) atoms. The Labute approximate surface area is 96.0 Å². The first-order chi connectivity index (χ1) is 7.16. The SMILES string of the molecule is CCN(C)CCCOCCCCC(C)C. The lowest BCUT2D eigenvalue weighted by atomic mass is 10.1. The topological polar surface area (TPSA) is 12.5 Å². The van der Waals surface area contributed by atoms with Crippen LogP contribution in [-0.2, 0) is 4.74 Å². The smallest absolute Gasteiger partial charge is 0.0478 e. The fourth-order valence-corrected chi connectivity index (χ4v) is 1.45. The molecule has 0 N–H and O–H groups in total. The van der Waals surface area contributed by atoms with Crippen LogP contribution in [0.4, 0.5) is 0 Å². The van der Waals surface area contributed by atoms with Crippen molar-refractivity contribution in [2.24, 2.45) is 5.92 Å². The van der Waals surface area contributed by atoms with E-state index in [1.807, 2.05) is 0 Å². The largest absolute Gasteiger partial charge is 0.381 e. The number of hydrogen-bond acceptors (Lipinski definition) is 2. The number of hydrogen-bond donors (Lipinski definition) is 0. The Hall–Kier alpha value is -0.0800. The van der Waals surface area contributed by atoms with Gasteiger partial charge in [-0.15, -0.1) is 0 Å². The summed E-state index contributed by atoms with van der Waals surface area (Å²) >= 11 is 0. The molecule has 2 nitrogen and oxygen atoms in total. The zero-order chi connectivity index (χ0) is 11.5. The lowest BCUT2D eigenvalue weighted by molar-refractivity contribution is 0.120. The molecule has 0 aromatic heterocycles. The molecule has 0 aliphatic rings. The second kappa shape index (κ2) is 10.4. The monoisotopic (exact) mass is 215 g/mol. The van der Waals surface area contributed by atoms with E-state index in [9.17, 15) is 0 Å². The Bertz CT molecular complexity index is 126. The Morgan fingerprint density at radius 2 is 1.73 bits per heavy atom. The quantitative estimate of drug-likeness (QED) is 0.519. The van der Waals surface area contributed by atoms with E-state index in [-0.39, 0.29) is 0 Å². The van der Waals surface area contributed by atoms with Crippen LogP contribution in [0.25, 0.3) is 0 Å². The van der Waals surface area contributed by atoms with Gasteiger partial charge in [-0.05, 0) is 32.4 Å². The van der Waals surface area contributed by atoms with Crippen LogP contribution in [0.5, 0.6) is 0 Å². The van der Waals surface area contributed by atoms with Crippen molar-refractivity contribution in [1.82, 2.24) is 4.90 Å². The van der Waals surface area contributed by atoms with Crippen LogP contribution in [0.15, 0.2) is 0 Å². The van der Waals surface area contributed by atoms with E-state index in [0.29, 0.717) is 0 Å². The third kappa shape index (κ3) is 11.8. The summed E-state index contributed by atoms with van der Waals surface area (Å²) in [7, 11) is 2.16. The van der Waals surface area contributed by atoms with Crippen LogP contribution >= 0.6 is 0 Å². The first kappa shape index (κ1) is 14.9. The Morgan fingerprint density at radius 1 is 1.07 bits per heavy atom. The van der Waals surface area contributed by atoms with Gasteiger partial charge in [-0.1, -0.05) is 33.6 Å². The molecule has 0 saturated carbocycles. The fraction of sp³-hybridized carbons (Fsp3) is 1.00. The molecule has 0 saturated heterocycles. The van der Waals surface area contributed by atoms with Crippen molar-refractivity contribution < 1.29 is 4.74 Å². The van der Waals surface area contributed by atoms with Gasteiger partial charge in [0.15, 0.2) is 0 Å². The number of nitrogens with zero attached hydrogens (tertiary/aromatic N) is 1. The van der Waals surface area contributed by atoms with E-state index in [2.05, 4.69) is 32.7 Å². The van der Waals surface area contributed by atoms with Crippen LogP contribution in [-0.4, -0.2) is 38.3 Å². The molecule has 0 bridgehead atoms. The molecule has 0 fully saturated rings. The molecular formula is C13H29NO. The average Bonchev–Trinajstić information content (AvgIpc) is 2.21. The minimum atomic E-state index is 0.836. The van der Waals surface area contributed by atoms with E-state index in [1.165, 1.54) is 19.3 Å². The zero-order valence-corrected chi connectivity index (χ0v) is 11.1. The van der Waals surface area contributed by atoms with Gasteiger partial charge < -0.3 is 9.64 Å². The molecule has 0 aliphatic heterocycles. The third-order valence-electron chi connectivity index (χ3n) is 2.69. The van der Waals surface area contributed by atoms with Crippen LogP contribution in [0.2, 0.25) is 0 Å². The van der Waals surface area contributed by atoms with Gasteiger partial charge in [0, 0.05) is 19.8 Å². The van der Waals surface area contributed by atoms with Crippen molar-refractivity contribution in [2.75, 3.05) is 33.4 Å². The summed E-state index contributed by atoms with van der Waals surface area (Å²) < 4.78 is 5.58. The van der Waals surface area contributed by atoms with Gasteiger partial charge in [0.05, 0.1) is 0 Å². The molecule has 0 aromatic rings. The van der Waals surface area contributed by atoms with Crippen molar-refractivity contribution in [3.63, 3.8) is 0 Å². The van der Waals surface area contributed by atoms with Gasteiger partial charge in [0.25, 0.3) is 0 Å². The molecule has 0 amide bonds. The van der Waals surface area contributed by atoms with E-state index < -0.39 is 0 Å². The molecule has 92 valence electrons. The predicted octanol–water partition coefficient (Wildman–Crippen LogP) is 3.17. The molecule has 0 aromatic carbocycles. The van der Waals surface area contributed by atoms with E-state index in [0.717, 1.165) is 38.6 Å². The van der Waals surface area contributed by atoms with Crippen LogP contribution in [0.3, 0.4) is 0 Å². The highest BCUT2D eigenvalue weighted by Gasteiger charge is 1.96. The second-order valence-electron chi connectivity index (χ2n) is 4.75. The van der Waals surface area contributed by atoms with Gasteiger partial charge in [0.2, 0.25) is 0 Å². The maximum atomic E-state index is 5.58. The van der Waals surface area contributed by atoms with Crippen molar-refractivity contribution in [2.45, 2.75) is 46.5 Å². The maximum Gasteiger partial charge on any atom is 0.0478 e. The van der Waals surface area contributed by atoms with Gasteiger partial charge in [0.1, 0.15) is 0 Å². The lowest BCUT2D eigenvalue weighted by Crippen LogP contribution is -2.20. The summed E-state index contributed by atoms with van der Waals surface area (Å²) in [5, 5.41) is 0. The van der Waals surface area contributed by atoms with Crippen LogP contribution in [0, 0.1) is 5.92 Å². The van der Waals surface area contributed by atoms with Gasteiger partial charge in [-0.25, -0.2) is 0 Å². The van der Waals surface area contributed by atoms with Gasteiger partial charge in [-0.3, -0.25) is 0 Å². The summed E-state index contributed by atoms with van der Waals surface area (Å²) in [5.41, 5.74) is 0. The normalized spacial score (nSPS) is 11.6. The summed E-state index contributed by atoms with van der Waals surface area (Å²) in [6.07, 6.45) is 5.03. The molecule has 0 unspecified atom stereocenters. The van der Waals surface area contributed by atoms with Crippen molar-refractivity contribution in [1.29, 1.82) is 0 Å². The van der Waals surface area contributed by atoms with Crippen LogP contribution < -0.4 is 0 Å². The minimum absolute atomic E-state index is 0.836. The van der Waals surface area contributed by atoms with Gasteiger partial charge >= 0.3 is 0 Å². The first-order valence-electron chi connectivity index (χ1n) is 6.43. The zero-order valence-electron chi connectivity index (χ0n) is 11.1. The summed E-state index contributed by atoms with van der Waals surface area (Å²) in [4.78, 5) is 2.32. The maximum absolute atomic E-state index is 5.58. The number of ether oxygens (including phenoxy) is 1. The third-order valence-corrected chi connectivity index (χ3v) is 2.69. The molecule has 0 spiro atoms. The van der Waals surface area contributed by atoms with Crippen LogP contribution in [0.1, 0.15) is 46.5 Å². The van der Waals surface area contributed by atoms with Gasteiger partial charge in [-0.2, -0.15) is 0 Å².